The Morgan fingerprint density at radius 1 is 1.28 bits per heavy atom. The van der Waals surface area contributed by atoms with Gasteiger partial charge in [0.15, 0.2) is 5.78 Å². The number of carbonyl (C=O) groups excluding carboxylic acids is 1. The van der Waals surface area contributed by atoms with Crippen molar-refractivity contribution < 1.29 is 9.53 Å². The van der Waals surface area contributed by atoms with E-state index in [0.717, 1.165) is 18.6 Å². The lowest BCUT2D eigenvalue weighted by Gasteiger charge is -2.26. The summed E-state index contributed by atoms with van der Waals surface area (Å²) in [4.78, 5) is 11.4. The molecule has 2 heteroatoms. The molecule has 0 atom stereocenters. The van der Waals surface area contributed by atoms with Crippen molar-refractivity contribution in [3.05, 3.63) is 42.5 Å². The number of benzene rings is 1. The van der Waals surface area contributed by atoms with Gasteiger partial charge in [-0.1, -0.05) is 24.8 Å². The van der Waals surface area contributed by atoms with Gasteiger partial charge in [-0.2, -0.15) is 0 Å². The van der Waals surface area contributed by atoms with E-state index in [0.29, 0.717) is 12.0 Å². The van der Waals surface area contributed by atoms with Crippen LogP contribution in [-0.2, 0) is 4.79 Å². The molecule has 98 valence electrons. The summed E-state index contributed by atoms with van der Waals surface area (Å²) >= 11 is 0. The topological polar surface area (TPSA) is 26.3 Å². The third-order valence-electron chi connectivity index (χ3n) is 2.80. The Bertz CT molecular complexity index is 404. The lowest BCUT2D eigenvalue weighted by molar-refractivity contribution is -0.115. The van der Waals surface area contributed by atoms with Crippen LogP contribution in [0.3, 0.4) is 0 Å². The standard InChI is InChI=1S/C16H22O2/c1-13(2)15(17)11-8-12-16(3,4)18-14-9-6-5-7-10-14/h5-7,9-10H,1,8,11-12H2,2-4H3. The third kappa shape index (κ3) is 5.17. The Labute approximate surface area is 110 Å². The summed E-state index contributed by atoms with van der Waals surface area (Å²) in [6, 6.07) is 9.76. The number of Topliss-reactive ketones (excluding diaryl/α,β-unsaturated/α-hetero) is 1. The van der Waals surface area contributed by atoms with Crippen LogP contribution in [0.1, 0.15) is 40.0 Å². The van der Waals surface area contributed by atoms with Crippen LogP contribution in [0.4, 0.5) is 0 Å². The minimum atomic E-state index is -0.253. The molecule has 0 fully saturated rings. The number of hydrogen-bond donors (Lipinski definition) is 0. The molecule has 1 rings (SSSR count). The second-order valence-electron chi connectivity index (χ2n) is 5.23. The zero-order chi connectivity index (χ0) is 13.6. The van der Waals surface area contributed by atoms with Crippen LogP contribution in [0, 0.1) is 0 Å². The monoisotopic (exact) mass is 246 g/mol. The van der Waals surface area contributed by atoms with Crippen LogP contribution < -0.4 is 4.74 Å². The molecule has 0 unspecified atom stereocenters. The molecule has 2 nitrogen and oxygen atoms in total. The van der Waals surface area contributed by atoms with Crippen LogP contribution in [0.5, 0.6) is 5.75 Å². The van der Waals surface area contributed by atoms with Crippen molar-refractivity contribution in [3.63, 3.8) is 0 Å². The molecule has 0 heterocycles. The molecule has 0 aliphatic rings. The van der Waals surface area contributed by atoms with Gasteiger partial charge in [-0.05, 0) is 51.3 Å². The van der Waals surface area contributed by atoms with Gasteiger partial charge in [0, 0.05) is 6.42 Å². The molecule has 0 aliphatic carbocycles. The molecule has 1 aromatic carbocycles. The Balaban J connectivity index is 2.40. The lowest BCUT2D eigenvalue weighted by Crippen LogP contribution is -2.28. The van der Waals surface area contributed by atoms with Crippen LogP contribution in [-0.4, -0.2) is 11.4 Å². The quantitative estimate of drug-likeness (QED) is 0.675. The molecule has 18 heavy (non-hydrogen) atoms. The first-order valence-electron chi connectivity index (χ1n) is 6.33. The molecule has 0 N–H and O–H groups in total. The van der Waals surface area contributed by atoms with Gasteiger partial charge < -0.3 is 4.74 Å². The third-order valence-corrected chi connectivity index (χ3v) is 2.80. The van der Waals surface area contributed by atoms with E-state index in [1.165, 1.54) is 0 Å². The Morgan fingerprint density at radius 3 is 2.44 bits per heavy atom. The molecule has 0 saturated heterocycles. The van der Waals surface area contributed by atoms with Gasteiger partial charge >= 0.3 is 0 Å². The maximum absolute atomic E-state index is 11.4. The number of carbonyl (C=O) groups is 1. The van der Waals surface area contributed by atoms with E-state index in [4.69, 9.17) is 4.74 Å². The molecule has 0 spiro atoms. The van der Waals surface area contributed by atoms with Gasteiger partial charge in [-0.25, -0.2) is 0 Å². The fraction of sp³-hybridized carbons (Fsp3) is 0.438. The summed E-state index contributed by atoms with van der Waals surface area (Å²) in [5.41, 5.74) is 0.383. The van der Waals surface area contributed by atoms with Crippen LogP contribution in [0.15, 0.2) is 42.5 Å². The minimum Gasteiger partial charge on any atom is -0.488 e. The predicted molar refractivity (Wildman–Crippen MR) is 74.8 cm³/mol. The zero-order valence-electron chi connectivity index (χ0n) is 11.5. The highest BCUT2D eigenvalue weighted by atomic mass is 16.5. The van der Waals surface area contributed by atoms with Gasteiger partial charge in [0.1, 0.15) is 11.4 Å². The molecule has 0 amide bonds. The van der Waals surface area contributed by atoms with Crippen molar-refractivity contribution >= 4 is 5.78 Å². The second-order valence-corrected chi connectivity index (χ2v) is 5.23. The highest BCUT2D eigenvalue weighted by Crippen LogP contribution is 2.22. The first kappa shape index (κ1) is 14.5. The maximum Gasteiger partial charge on any atom is 0.157 e. The van der Waals surface area contributed by atoms with Gasteiger partial charge in [0.2, 0.25) is 0 Å². The number of para-hydroxylation sites is 1. The van der Waals surface area contributed by atoms with E-state index in [1.807, 2.05) is 44.2 Å². The number of hydrogen-bond acceptors (Lipinski definition) is 2. The first-order valence-corrected chi connectivity index (χ1v) is 6.33. The number of ether oxygens (including phenoxy) is 1. The summed E-state index contributed by atoms with van der Waals surface area (Å²) in [5.74, 6) is 1.01. The Kier molecular flexibility index (Phi) is 5.14. The number of allylic oxidation sites excluding steroid dienone is 1. The van der Waals surface area contributed by atoms with Crippen molar-refractivity contribution in [1.29, 1.82) is 0 Å². The molecule has 0 radical (unpaired) electrons. The molecule has 0 saturated carbocycles. The van der Waals surface area contributed by atoms with E-state index in [9.17, 15) is 4.79 Å². The number of ketones is 1. The Morgan fingerprint density at radius 2 is 1.89 bits per heavy atom. The summed E-state index contributed by atoms with van der Waals surface area (Å²) < 4.78 is 5.91. The minimum absolute atomic E-state index is 0.144. The molecular formula is C16H22O2. The summed E-state index contributed by atoms with van der Waals surface area (Å²) in [6.07, 6.45) is 2.23. The van der Waals surface area contributed by atoms with Crippen molar-refractivity contribution in [3.8, 4) is 5.75 Å². The van der Waals surface area contributed by atoms with Crippen molar-refractivity contribution in [2.24, 2.45) is 0 Å². The highest BCUT2D eigenvalue weighted by Gasteiger charge is 2.19. The first-order chi connectivity index (χ1) is 8.41. The van der Waals surface area contributed by atoms with Crippen molar-refractivity contribution in [2.45, 2.75) is 45.6 Å². The molecule has 0 bridgehead atoms. The molecule has 0 aliphatic heterocycles. The zero-order valence-corrected chi connectivity index (χ0v) is 11.5. The van der Waals surface area contributed by atoms with E-state index in [-0.39, 0.29) is 11.4 Å². The second kappa shape index (κ2) is 6.39. The summed E-state index contributed by atoms with van der Waals surface area (Å²) in [7, 11) is 0. The highest BCUT2D eigenvalue weighted by molar-refractivity contribution is 5.93. The fourth-order valence-electron chi connectivity index (χ4n) is 1.75. The maximum atomic E-state index is 11.4. The van der Waals surface area contributed by atoms with Crippen LogP contribution >= 0.6 is 0 Å². The molecular weight excluding hydrogens is 224 g/mol. The van der Waals surface area contributed by atoms with Gasteiger partial charge in [-0.15, -0.1) is 0 Å². The average Bonchev–Trinajstić information content (AvgIpc) is 2.29. The van der Waals surface area contributed by atoms with Gasteiger partial charge in [-0.3, -0.25) is 4.79 Å². The van der Waals surface area contributed by atoms with Gasteiger partial charge in [0.25, 0.3) is 0 Å². The summed E-state index contributed by atoms with van der Waals surface area (Å²) in [6.45, 7) is 9.51. The van der Waals surface area contributed by atoms with Crippen LogP contribution in [0.25, 0.3) is 0 Å². The van der Waals surface area contributed by atoms with E-state index in [2.05, 4.69) is 6.58 Å². The van der Waals surface area contributed by atoms with Crippen molar-refractivity contribution in [1.82, 2.24) is 0 Å². The van der Waals surface area contributed by atoms with Crippen LogP contribution in [0.2, 0.25) is 0 Å². The van der Waals surface area contributed by atoms with E-state index in [1.54, 1.807) is 6.92 Å². The SMILES string of the molecule is C=C(C)C(=O)CCCC(C)(C)Oc1ccccc1. The predicted octanol–water partition coefficient (Wildman–Crippen LogP) is 4.16. The molecule has 0 aromatic heterocycles. The Hall–Kier alpha value is -1.57. The smallest absolute Gasteiger partial charge is 0.157 e. The van der Waals surface area contributed by atoms with Crippen molar-refractivity contribution in [2.75, 3.05) is 0 Å². The number of rotatable bonds is 7. The van der Waals surface area contributed by atoms with E-state index < -0.39 is 0 Å². The average molecular weight is 246 g/mol. The molecule has 1 aromatic rings. The van der Waals surface area contributed by atoms with E-state index >= 15 is 0 Å². The van der Waals surface area contributed by atoms with Gasteiger partial charge in [0.05, 0.1) is 0 Å². The lowest BCUT2D eigenvalue weighted by atomic mass is 9.98. The normalized spacial score (nSPS) is 11.1. The largest absolute Gasteiger partial charge is 0.488 e. The fourth-order valence-corrected chi connectivity index (χ4v) is 1.75. The summed E-state index contributed by atoms with van der Waals surface area (Å²) in [5, 5.41) is 0.